The van der Waals surface area contributed by atoms with Crippen LogP contribution in [0.2, 0.25) is 0 Å². The zero-order chi connectivity index (χ0) is 21.1. The van der Waals surface area contributed by atoms with Crippen LogP contribution in [0.4, 0.5) is 0 Å². The van der Waals surface area contributed by atoms with E-state index < -0.39 is 0 Å². The van der Waals surface area contributed by atoms with Crippen molar-refractivity contribution in [3.63, 3.8) is 0 Å². The molecule has 3 aliphatic rings. The predicted molar refractivity (Wildman–Crippen MR) is 121 cm³/mol. The highest BCUT2D eigenvalue weighted by Crippen LogP contribution is 2.38. The lowest BCUT2D eigenvalue weighted by Gasteiger charge is -2.46. The van der Waals surface area contributed by atoms with Gasteiger partial charge in [0.2, 0.25) is 11.8 Å². The average molecular weight is 444 g/mol. The number of alkyl halides is 1. The summed E-state index contributed by atoms with van der Waals surface area (Å²) in [5, 5.41) is 6.16. The summed E-state index contributed by atoms with van der Waals surface area (Å²) in [6, 6.07) is 1.16. The fraction of sp³-hybridized carbons (Fsp3) is 0.909. The summed E-state index contributed by atoms with van der Waals surface area (Å²) in [5.41, 5.74) is 0. The van der Waals surface area contributed by atoms with Crippen LogP contribution >= 0.6 is 23.4 Å². The molecule has 0 aromatic rings. The molecule has 0 aromatic heterocycles. The Morgan fingerprint density at radius 2 is 1.90 bits per heavy atom. The Bertz CT molecular complexity index is 586. The monoisotopic (exact) mass is 443 g/mol. The van der Waals surface area contributed by atoms with Gasteiger partial charge in [0.25, 0.3) is 0 Å². The highest BCUT2D eigenvalue weighted by Gasteiger charge is 2.42. The molecule has 5 nitrogen and oxygen atoms in total. The zero-order valence-corrected chi connectivity index (χ0v) is 19.9. The van der Waals surface area contributed by atoms with E-state index in [1.165, 1.54) is 24.3 Å². The largest absolute Gasteiger partial charge is 0.355 e. The predicted octanol–water partition coefficient (Wildman–Crippen LogP) is 3.11. The molecule has 7 unspecified atom stereocenters. The van der Waals surface area contributed by atoms with Crippen LogP contribution in [0, 0.1) is 23.7 Å². The van der Waals surface area contributed by atoms with E-state index in [0.717, 1.165) is 19.3 Å². The van der Waals surface area contributed by atoms with Gasteiger partial charge in [-0.25, -0.2) is 0 Å². The Hall–Kier alpha value is -0.460. The third-order valence-corrected chi connectivity index (χ3v) is 8.91. The standard InChI is InChI=1S/C22H38ClN3O2S/c1-13-9-14(2)25-22(28)19(13)12-24-21(27)18-10-16(23)11-20(15(18)3)26(4)17-5-7-29-8-6-17/h13-20H,5-12H2,1-4H3,(H,24,27)(H,25,28). The first-order chi connectivity index (χ1) is 13.8. The van der Waals surface area contributed by atoms with Crippen LogP contribution in [0.15, 0.2) is 0 Å². The van der Waals surface area contributed by atoms with Crippen LogP contribution < -0.4 is 10.6 Å². The summed E-state index contributed by atoms with van der Waals surface area (Å²) < 4.78 is 0. The smallest absolute Gasteiger partial charge is 0.225 e. The summed E-state index contributed by atoms with van der Waals surface area (Å²) in [7, 11) is 2.22. The molecule has 0 bridgehead atoms. The van der Waals surface area contributed by atoms with Gasteiger partial charge in [-0.15, -0.1) is 11.6 Å². The number of halogens is 1. The van der Waals surface area contributed by atoms with E-state index in [1.807, 2.05) is 18.7 Å². The van der Waals surface area contributed by atoms with Gasteiger partial charge in [0.15, 0.2) is 0 Å². The maximum atomic E-state index is 13.1. The van der Waals surface area contributed by atoms with Gasteiger partial charge in [0, 0.05) is 36.0 Å². The molecular weight excluding hydrogens is 406 g/mol. The number of thioether (sulfide) groups is 1. The first-order valence-electron chi connectivity index (χ1n) is 11.3. The van der Waals surface area contributed by atoms with E-state index in [2.05, 4.69) is 36.4 Å². The Morgan fingerprint density at radius 3 is 2.55 bits per heavy atom. The quantitative estimate of drug-likeness (QED) is 0.641. The van der Waals surface area contributed by atoms with E-state index >= 15 is 0 Å². The average Bonchev–Trinajstić information content (AvgIpc) is 2.68. The van der Waals surface area contributed by atoms with Crippen molar-refractivity contribution in [2.45, 2.75) is 76.4 Å². The molecule has 29 heavy (non-hydrogen) atoms. The molecule has 1 aliphatic carbocycles. The van der Waals surface area contributed by atoms with Gasteiger partial charge in [-0.2, -0.15) is 11.8 Å². The number of carbonyl (C=O) groups is 2. The van der Waals surface area contributed by atoms with Gasteiger partial charge < -0.3 is 15.5 Å². The van der Waals surface area contributed by atoms with Gasteiger partial charge in [0.05, 0.1) is 5.92 Å². The van der Waals surface area contributed by atoms with Crippen LogP contribution in [0.1, 0.15) is 52.9 Å². The molecule has 0 aromatic carbocycles. The van der Waals surface area contributed by atoms with Crippen molar-refractivity contribution in [2.24, 2.45) is 23.7 Å². The van der Waals surface area contributed by atoms with Crippen LogP contribution in [0.5, 0.6) is 0 Å². The third kappa shape index (κ3) is 5.62. The van der Waals surface area contributed by atoms with Crippen molar-refractivity contribution in [3.8, 4) is 0 Å². The Morgan fingerprint density at radius 1 is 1.21 bits per heavy atom. The van der Waals surface area contributed by atoms with E-state index in [1.54, 1.807) is 0 Å². The van der Waals surface area contributed by atoms with Crippen molar-refractivity contribution in [2.75, 3.05) is 25.1 Å². The van der Waals surface area contributed by atoms with Gasteiger partial charge in [-0.3, -0.25) is 9.59 Å². The second-order valence-corrected chi connectivity index (χ2v) is 11.4. The number of carbonyl (C=O) groups excluding carboxylic acids is 2. The normalized spacial score (nSPS) is 39.2. The van der Waals surface area contributed by atoms with E-state index in [4.69, 9.17) is 11.6 Å². The van der Waals surface area contributed by atoms with Crippen molar-refractivity contribution in [1.82, 2.24) is 15.5 Å². The fourth-order valence-electron chi connectivity index (χ4n) is 5.60. The summed E-state index contributed by atoms with van der Waals surface area (Å²) in [4.78, 5) is 28.0. The van der Waals surface area contributed by atoms with Crippen molar-refractivity contribution in [1.29, 1.82) is 0 Å². The van der Waals surface area contributed by atoms with E-state index in [0.29, 0.717) is 18.6 Å². The maximum absolute atomic E-state index is 13.1. The molecule has 2 heterocycles. The number of amides is 2. The minimum Gasteiger partial charge on any atom is -0.355 e. The molecule has 166 valence electrons. The lowest BCUT2D eigenvalue weighted by atomic mass is 9.75. The molecule has 2 amide bonds. The lowest BCUT2D eigenvalue weighted by Crippen LogP contribution is -2.54. The highest BCUT2D eigenvalue weighted by atomic mass is 35.5. The molecule has 2 saturated heterocycles. The minimum absolute atomic E-state index is 0.0325. The number of hydrogen-bond donors (Lipinski definition) is 2. The number of piperidine rings is 1. The van der Waals surface area contributed by atoms with Crippen molar-refractivity contribution < 1.29 is 9.59 Å². The van der Waals surface area contributed by atoms with Crippen LogP contribution in [-0.2, 0) is 9.59 Å². The van der Waals surface area contributed by atoms with E-state index in [9.17, 15) is 9.59 Å². The molecule has 1 saturated carbocycles. The number of hydrogen-bond acceptors (Lipinski definition) is 4. The second kappa shape index (κ2) is 10.2. The number of nitrogens with one attached hydrogen (secondary N) is 2. The van der Waals surface area contributed by atoms with Gasteiger partial charge in [0.1, 0.15) is 0 Å². The second-order valence-electron chi connectivity index (χ2n) is 9.58. The number of rotatable bonds is 5. The topological polar surface area (TPSA) is 61.4 Å². The maximum Gasteiger partial charge on any atom is 0.225 e. The third-order valence-electron chi connectivity index (χ3n) is 7.51. The highest BCUT2D eigenvalue weighted by molar-refractivity contribution is 7.99. The first-order valence-corrected chi connectivity index (χ1v) is 12.9. The zero-order valence-electron chi connectivity index (χ0n) is 18.3. The Balaban J connectivity index is 1.59. The summed E-state index contributed by atoms with van der Waals surface area (Å²) in [6.07, 6.45) is 5.08. The summed E-state index contributed by atoms with van der Waals surface area (Å²) >= 11 is 8.68. The molecule has 0 spiro atoms. The first kappa shape index (κ1) is 23.2. The molecule has 0 radical (unpaired) electrons. The summed E-state index contributed by atoms with van der Waals surface area (Å²) in [5.74, 6) is 2.91. The van der Waals surface area contributed by atoms with Gasteiger partial charge >= 0.3 is 0 Å². The molecule has 7 atom stereocenters. The minimum atomic E-state index is -0.140. The van der Waals surface area contributed by atoms with Gasteiger partial charge in [-0.05, 0) is 69.4 Å². The lowest BCUT2D eigenvalue weighted by molar-refractivity contribution is -0.132. The van der Waals surface area contributed by atoms with Crippen LogP contribution in [0.3, 0.4) is 0 Å². The molecule has 2 aliphatic heterocycles. The molecule has 7 heteroatoms. The van der Waals surface area contributed by atoms with Gasteiger partial charge in [-0.1, -0.05) is 13.8 Å². The molecule has 2 N–H and O–H groups in total. The molecular formula is C22H38ClN3O2S. The molecule has 3 fully saturated rings. The van der Waals surface area contributed by atoms with E-state index in [-0.39, 0.29) is 46.9 Å². The Kier molecular flexibility index (Phi) is 8.19. The number of nitrogens with zero attached hydrogens (tertiary/aromatic N) is 1. The SMILES string of the molecule is CC1CC(C)C(CNC(=O)C2CC(Cl)CC(N(C)C3CCSCC3)C2C)C(=O)N1. The molecule has 3 rings (SSSR count). The fourth-order valence-corrected chi connectivity index (χ4v) is 7.06. The summed E-state index contributed by atoms with van der Waals surface area (Å²) in [6.45, 7) is 6.78. The van der Waals surface area contributed by atoms with Crippen LogP contribution in [-0.4, -0.2) is 65.3 Å². The van der Waals surface area contributed by atoms with Crippen molar-refractivity contribution in [3.05, 3.63) is 0 Å². The Labute approximate surface area is 185 Å². The van der Waals surface area contributed by atoms with Crippen molar-refractivity contribution >= 4 is 35.2 Å². The van der Waals surface area contributed by atoms with Crippen LogP contribution in [0.25, 0.3) is 0 Å².